The minimum Gasteiger partial charge on any atom is -0.507 e. The van der Waals surface area contributed by atoms with Gasteiger partial charge in [0.1, 0.15) is 17.4 Å². The molecule has 0 aromatic heterocycles. The van der Waals surface area contributed by atoms with Crippen molar-refractivity contribution in [2.75, 3.05) is 44.7 Å². The molecule has 0 saturated carbocycles. The van der Waals surface area contributed by atoms with Crippen molar-refractivity contribution in [2.45, 2.75) is 20.3 Å². The molecule has 27 heavy (non-hydrogen) atoms. The van der Waals surface area contributed by atoms with Crippen LogP contribution in [0.2, 0.25) is 0 Å². The van der Waals surface area contributed by atoms with E-state index in [-0.39, 0.29) is 5.76 Å². The van der Waals surface area contributed by atoms with Crippen LogP contribution in [-0.4, -0.2) is 49.4 Å². The highest BCUT2D eigenvalue weighted by molar-refractivity contribution is 5.82. The van der Waals surface area contributed by atoms with Crippen LogP contribution in [0.15, 0.2) is 53.8 Å². The van der Waals surface area contributed by atoms with Gasteiger partial charge in [0.15, 0.2) is 0 Å². The lowest BCUT2D eigenvalue weighted by molar-refractivity contribution is 0.0398. The number of rotatable bonds is 8. The van der Waals surface area contributed by atoms with Gasteiger partial charge >= 0.3 is 0 Å². The van der Waals surface area contributed by atoms with E-state index < -0.39 is 0 Å². The lowest BCUT2D eigenvalue weighted by atomic mass is 9.98. The molecule has 1 aromatic carbocycles. The van der Waals surface area contributed by atoms with E-state index in [9.17, 15) is 10.4 Å². The first kappa shape index (κ1) is 20.8. The molecule has 0 bridgehead atoms. The van der Waals surface area contributed by atoms with E-state index in [1.807, 2.05) is 50.3 Å². The Morgan fingerprint density at radius 1 is 1.30 bits per heavy atom. The van der Waals surface area contributed by atoms with E-state index >= 15 is 0 Å². The van der Waals surface area contributed by atoms with Gasteiger partial charge in [0.2, 0.25) is 0 Å². The molecular formula is C22H29N3O2. The number of allylic oxidation sites excluding steroid dienone is 5. The Balaban J connectivity index is 2.08. The Morgan fingerprint density at radius 2 is 2.00 bits per heavy atom. The molecule has 0 aliphatic carbocycles. The molecule has 0 radical (unpaired) electrons. The van der Waals surface area contributed by atoms with E-state index in [0.29, 0.717) is 12.0 Å². The summed E-state index contributed by atoms with van der Waals surface area (Å²) in [6.45, 7) is 9.30. The molecule has 1 aliphatic rings. The summed E-state index contributed by atoms with van der Waals surface area (Å²) in [6, 6.07) is 10.1. The molecule has 1 saturated heterocycles. The summed E-state index contributed by atoms with van der Waals surface area (Å²) < 4.78 is 5.36. The largest absolute Gasteiger partial charge is 0.507 e. The lowest BCUT2D eigenvalue weighted by Gasteiger charge is -2.26. The van der Waals surface area contributed by atoms with Gasteiger partial charge in [0.25, 0.3) is 0 Å². The van der Waals surface area contributed by atoms with E-state index in [4.69, 9.17) is 4.74 Å². The van der Waals surface area contributed by atoms with Gasteiger partial charge in [-0.2, -0.15) is 5.26 Å². The first-order chi connectivity index (χ1) is 13.2. The van der Waals surface area contributed by atoms with Crippen LogP contribution in [0.25, 0.3) is 5.57 Å². The standard InChI is InChI=1S/C22H29N3O2/c1-3-5-20(21(17-23)22(26)6-4-2)18-7-9-19(10-8-18)24-11-12-25-13-15-27-16-14-25/h3,5-10,24,26H,4,11-16H2,1-2H3/b5-3-,21-20+,22-6-. The van der Waals surface area contributed by atoms with Gasteiger partial charge in [-0.15, -0.1) is 0 Å². The summed E-state index contributed by atoms with van der Waals surface area (Å²) >= 11 is 0. The SMILES string of the molecule is C\C=C/C(=C(C#N)\C(O)=C\CC)c1ccc(NCCN2CCOCC2)cc1. The number of aliphatic hydroxyl groups excluding tert-OH is 1. The van der Waals surface area contributed by atoms with Crippen LogP contribution in [-0.2, 0) is 4.74 Å². The van der Waals surface area contributed by atoms with Crippen LogP contribution < -0.4 is 5.32 Å². The second-order valence-corrected chi connectivity index (χ2v) is 6.36. The Labute approximate surface area is 162 Å². The fraction of sp³-hybridized carbons (Fsp3) is 0.409. The quantitative estimate of drug-likeness (QED) is 0.411. The second kappa shape index (κ2) is 11.2. The van der Waals surface area contributed by atoms with Crippen LogP contribution in [0.4, 0.5) is 5.69 Å². The van der Waals surface area contributed by atoms with Crippen LogP contribution in [0.1, 0.15) is 25.8 Å². The van der Waals surface area contributed by atoms with Crippen molar-refractivity contribution in [2.24, 2.45) is 0 Å². The van der Waals surface area contributed by atoms with Gasteiger partial charge in [-0.25, -0.2) is 0 Å². The fourth-order valence-electron chi connectivity index (χ4n) is 2.99. The summed E-state index contributed by atoms with van der Waals surface area (Å²) in [5.74, 6) is 0.0285. The van der Waals surface area contributed by atoms with Gasteiger partial charge in [0.05, 0.1) is 13.2 Å². The van der Waals surface area contributed by atoms with E-state index in [0.717, 1.165) is 56.2 Å². The van der Waals surface area contributed by atoms with E-state index in [2.05, 4.69) is 16.3 Å². The number of anilines is 1. The number of morpholine rings is 1. The molecule has 0 atom stereocenters. The van der Waals surface area contributed by atoms with Gasteiger partial charge in [0, 0.05) is 37.4 Å². The third kappa shape index (κ3) is 6.28. The van der Waals surface area contributed by atoms with E-state index in [1.54, 1.807) is 6.08 Å². The van der Waals surface area contributed by atoms with Crippen LogP contribution in [0.5, 0.6) is 0 Å². The highest BCUT2D eigenvalue weighted by atomic mass is 16.5. The molecular weight excluding hydrogens is 338 g/mol. The predicted molar refractivity (Wildman–Crippen MR) is 111 cm³/mol. The monoisotopic (exact) mass is 367 g/mol. The van der Waals surface area contributed by atoms with Crippen molar-refractivity contribution in [3.05, 3.63) is 59.4 Å². The highest BCUT2D eigenvalue weighted by Gasteiger charge is 2.11. The van der Waals surface area contributed by atoms with Gasteiger partial charge in [-0.05, 0) is 37.1 Å². The highest BCUT2D eigenvalue weighted by Crippen LogP contribution is 2.25. The molecule has 0 spiro atoms. The molecule has 1 fully saturated rings. The molecule has 5 nitrogen and oxygen atoms in total. The molecule has 2 N–H and O–H groups in total. The Morgan fingerprint density at radius 3 is 2.59 bits per heavy atom. The summed E-state index contributed by atoms with van der Waals surface area (Å²) in [5.41, 5.74) is 2.96. The Bertz CT molecular complexity index is 721. The van der Waals surface area contributed by atoms with Crippen molar-refractivity contribution in [1.29, 1.82) is 5.26 Å². The normalized spacial score (nSPS) is 16.9. The maximum absolute atomic E-state index is 10.2. The van der Waals surface area contributed by atoms with Crippen molar-refractivity contribution < 1.29 is 9.84 Å². The van der Waals surface area contributed by atoms with Crippen molar-refractivity contribution in [3.8, 4) is 6.07 Å². The second-order valence-electron chi connectivity index (χ2n) is 6.36. The van der Waals surface area contributed by atoms with Crippen molar-refractivity contribution >= 4 is 11.3 Å². The Hall–Kier alpha value is -2.55. The van der Waals surface area contributed by atoms with Crippen LogP contribution in [0.3, 0.4) is 0 Å². The maximum Gasteiger partial charge on any atom is 0.129 e. The molecule has 2 rings (SSSR count). The topological polar surface area (TPSA) is 68.5 Å². The van der Waals surface area contributed by atoms with E-state index in [1.165, 1.54) is 0 Å². The lowest BCUT2D eigenvalue weighted by Crippen LogP contribution is -2.38. The summed E-state index contributed by atoms with van der Waals surface area (Å²) in [4.78, 5) is 2.39. The van der Waals surface area contributed by atoms with Crippen molar-refractivity contribution in [3.63, 3.8) is 0 Å². The molecule has 1 aromatic rings. The van der Waals surface area contributed by atoms with Crippen LogP contribution >= 0.6 is 0 Å². The first-order valence-electron chi connectivity index (χ1n) is 9.50. The zero-order valence-electron chi connectivity index (χ0n) is 16.2. The number of ether oxygens (including phenoxy) is 1. The zero-order chi connectivity index (χ0) is 19.5. The molecule has 0 unspecified atom stereocenters. The summed E-state index contributed by atoms with van der Waals surface area (Å²) in [6.07, 6.45) is 6.06. The molecule has 0 amide bonds. The summed E-state index contributed by atoms with van der Waals surface area (Å²) in [5, 5.41) is 23.1. The average Bonchev–Trinajstić information content (AvgIpc) is 2.69. The minimum atomic E-state index is 0.0285. The number of nitrogens with zero attached hydrogens (tertiary/aromatic N) is 2. The zero-order valence-corrected chi connectivity index (χ0v) is 16.2. The number of nitrogens with one attached hydrogen (secondary N) is 1. The van der Waals surface area contributed by atoms with Crippen molar-refractivity contribution in [1.82, 2.24) is 4.90 Å². The number of nitriles is 1. The number of hydrogen-bond donors (Lipinski definition) is 2. The maximum atomic E-state index is 10.2. The molecule has 1 aliphatic heterocycles. The Kier molecular flexibility index (Phi) is 8.63. The van der Waals surface area contributed by atoms with Gasteiger partial charge < -0.3 is 15.2 Å². The number of hydrogen-bond acceptors (Lipinski definition) is 5. The average molecular weight is 367 g/mol. The third-order valence-electron chi connectivity index (χ3n) is 4.42. The number of aliphatic hydroxyl groups is 1. The van der Waals surface area contributed by atoms with Gasteiger partial charge in [-0.3, -0.25) is 4.90 Å². The fourth-order valence-corrected chi connectivity index (χ4v) is 2.99. The molecule has 144 valence electrons. The smallest absolute Gasteiger partial charge is 0.129 e. The minimum absolute atomic E-state index is 0.0285. The summed E-state index contributed by atoms with van der Waals surface area (Å²) in [7, 11) is 0. The van der Waals surface area contributed by atoms with Gasteiger partial charge in [-0.1, -0.05) is 31.2 Å². The third-order valence-corrected chi connectivity index (χ3v) is 4.42. The van der Waals surface area contributed by atoms with Crippen LogP contribution in [0, 0.1) is 11.3 Å². The predicted octanol–water partition coefficient (Wildman–Crippen LogP) is 4.14. The molecule has 5 heteroatoms. The first-order valence-corrected chi connectivity index (χ1v) is 9.50. The molecule has 1 heterocycles. The number of benzene rings is 1.